The Morgan fingerprint density at radius 3 is 2.96 bits per heavy atom. The Kier molecular flexibility index (Phi) is 4.23. The number of nitrogens with zero attached hydrogens (tertiary/aromatic N) is 3. The van der Waals surface area contributed by atoms with Crippen molar-refractivity contribution in [1.82, 2.24) is 19.9 Å². The van der Waals surface area contributed by atoms with Crippen molar-refractivity contribution in [3.63, 3.8) is 0 Å². The fourth-order valence-corrected chi connectivity index (χ4v) is 4.76. The summed E-state index contributed by atoms with van der Waals surface area (Å²) in [6, 6.07) is 2.01. The molecule has 0 radical (unpaired) electrons. The Bertz CT molecular complexity index is 779. The van der Waals surface area contributed by atoms with E-state index in [2.05, 4.69) is 22.3 Å². The van der Waals surface area contributed by atoms with Crippen LogP contribution in [-0.4, -0.2) is 39.3 Å². The lowest BCUT2D eigenvalue weighted by Crippen LogP contribution is -2.65. The second kappa shape index (κ2) is 6.41. The van der Waals surface area contributed by atoms with Gasteiger partial charge in [0, 0.05) is 30.5 Å². The summed E-state index contributed by atoms with van der Waals surface area (Å²) in [5.74, 6) is -0.0592. The zero-order valence-corrected chi connectivity index (χ0v) is 15.0. The van der Waals surface area contributed by atoms with E-state index in [0.717, 1.165) is 31.6 Å². The molecule has 0 bridgehead atoms. The third-order valence-corrected chi connectivity index (χ3v) is 6.04. The Morgan fingerprint density at radius 1 is 1.40 bits per heavy atom. The van der Waals surface area contributed by atoms with Gasteiger partial charge in [0.2, 0.25) is 0 Å². The van der Waals surface area contributed by atoms with E-state index in [9.17, 15) is 4.79 Å². The van der Waals surface area contributed by atoms with E-state index in [1.54, 1.807) is 10.7 Å². The van der Waals surface area contributed by atoms with Crippen LogP contribution in [0.3, 0.4) is 0 Å². The Hall–Kier alpha value is -1.95. The molecule has 134 valence electrons. The zero-order chi connectivity index (χ0) is 17.4. The van der Waals surface area contributed by atoms with Crippen molar-refractivity contribution in [2.45, 2.75) is 64.5 Å². The molecule has 2 atom stereocenters. The van der Waals surface area contributed by atoms with Crippen molar-refractivity contribution < 1.29 is 9.53 Å². The molecule has 2 aromatic rings. The average molecular weight is 342 g/mol. The lowest BCUT2D eigenvalue weighted by atomic mass is 9.55. The van der Waals surface area contributed by atoms with Gasteiger partial charge in [-0.25, -0.2) is 9.50 Å². The Labute approximate surface area is 148 Å². The van der Waals surface area contributed by atoms with E-state index in [1.807, 2.05) is 19.2 Å². The number of carbonyl (C=O) groups excluding carboxylic acids is 1. The van der Waals surface area contributed by atoms with Gasteiger partial charge in [0.15, 0.2) is 5.65 Å². The molecule has 1 N–H and O–H groups in total. The molecule has 6 nitrogen and oxygen atoms in total. The summed E-state index contributed by atoms with van der Waals surface area (Å²) in [5.41, 5.74) is 2.05. The summed E-state index contributed by atoms with van der Waals surface area (Å²) in [5, 5.41) is 7.69. The number of rotatable bonds is 4. The predicted molar refractivity (Wildman–Crippen MR) is 94.5 cm³/mol. The molecule has 25 heavy (non-hydrogen) atoms. The van der Waals surface area contributed by atoms with Gasteiger partial charge in [-0.15, -0.1) is 0 Å². The highest BCUT2D eigenvalue weighted by molar-refractivity contribution is 6.01. The van der Waals surface area contributed by atoms with Crippen LogP contribution in [0, 0.1) is 12.3 Å². The van der Waals surface area contributed by atoms with E-state index >= 15 is 0 Å². The van der Waals surface area contributed by atoms with E-state index in [-0.39, 0.29) is 23.5 Å². The molecule has 2 saturated carbocycles. The van der Waals surface area contributed by atoms with Gasteiger partial charge in [-0.1, -0.05) is 19.3 Å². The predicted octanol–water partition coefficient (Wildman–Crippen LogP) is 2.90. The molecule has 4 rings (SSSR count). The number of nitrogens with one attached hydrogen (secondary N) is 1. The molecule has 2 heterocycles. The SMILES string of the molecule is CCOC1CC(NC(=O)c2c(C)nn3cccnc23)C12CCCCC2. The van der Waals surface area contributed by atoms with Crippen molar-refractivity contribution in [1.29, 1.82) is 0 Å². The number of amides is 1. The van der Waals surface area contributed by atoms with E-state index in [1.165, 1.54) is 19.3 Å². The third kappa shape index (κ3) is 2.63. The molecule has 2 aliphatic rings. The Balaban J connectivity index is 1.57. The minimum absolute atomic E-state index is 0.0592. The number of ether oxygens (including phenoxy) is 1. The highest BCUT2D eigenvalue weighted by atomic mass is 16.5. The van der Waals surface area contributed by atoms with Crippen LogP contribution in [0.1, 0.15) is 61.5 Å². The van der Waals surface area contributed by atoms with Crippen molar-refractivity contribution >= 4 is 11.6 Å². The largest absolute Gasteiger partial charge is 0.378 e. The zero-order valence-electron chi connectivity index (χ0n) is 15.0. The van der Waals surface area contributed by atoms with Crippen molar-refractivity contribution in [3.8, 4) is 0 Å². The smallest absolute Gasteiger partial charge is 0.257 e. The molecule has 2 unspecified atom stereocenters. The maximum Gasteiger partial charge on any atom is 0.257 e. The molecule has 6 heteroatoms. The molecular formula is C19H26N4O2. The van der Waals surface area contributed by atoms with Crippen LogP contribution in [0.5, 0.6) is 0 Å². The first-order chi connectivity index (χ1) is 12.2. The first kappa shape index (κ1) is 16.5. The second-order valence-corrected chi connectivity index (χ2v) is 7.35. The summed E-state index contributed by atoms with van der Waals surface area (Å²) in [6.45, 7) is 4.66. The summed E-state index contributed by atoms with van der Waals surface area (Å²) < 4.78 is 7.66. The topological polar surface area (TPSA) is 68.5 Å². The van der Waals surface area contributed by atoms with Crippen LogP contribution in [0.25, 0.3) is 5.65 Å². The van der Waals surface area contributed by atoms with Gasteiger partial charge in [0.1, 0.15) is 5.56 Å². The molecule has 0 saturated heterocycles. The van der Waals surface area contributed by atoms with Gasteiger partial charge in [0.25, 0.3) is 5.91 Å². The standard InChI is InChI=1S/C19H26N4O2/c1-3-25-15-12-14(19(15)8-5-4-6-9-19)21-18(24)16-13(2)22-23-11-7-10-20-17(16)23/h7,10-11,14-15H,3-6,8-9,12H2,1-2H3,(H,21,24). The van der Waals surface area contributed by atoms with Crippen LogP contribution in [0.15, 0.2) is 18.5 Å². The van der Waals surface area contributed by atoms with Gasteiger partial charge in [0.05, 0.1) is 11.8 Å². The van der Waals surface area contributed by atoms with Crippen LogP contribution >= 0.6 is 0 Å². The van der Waals surface area contributed by atoms with Gasteiger partial charge in [-0.2, -0.15) is 5.10 Å². The average Bonchev–Trinajstić information content (AvgIpc) is 2.97. The number of aryl methyl sites for hydroxylation is 1. The third-order valence-electron chi connectivity index (χ3n) is 6.04. The van der Waals surface area contributed by atoms with Gasteiger partial charge in [-0.05, 0) is 39.2 Å². The number of hydrogen-bond donors (Lipinski definition) is 1. The number of hydrogen-bond acceptors (Lipinski definition) is 4. The normalized spacial score (nSPS) is 25.0. The van der Waals surface area contributed by atoms with E-state index in [0.29, 0.717) is 11.2 Å². The van der Waals surface area contributed by atoms with Crippen LogP contribution < -0.4 is 5.32 Å². The van der Waals surface area contributed by atoms with Crippen LogP contribution in [-0.2, 0) is 4.74 Å². The van der Waals surface area contributed by atoms with Crippen molar-refractivity contribution in [3.05, 3.63) is 29.7 Å². The fraction of sp³-hybridized carbons (Fsp3) is 0.632. The Morgan fingerprint density at radius 2 is 2.20 bits per heavy atom. The minimum Gasteiger partial charge on any atom is -0.378 e. The number of aromatic nitrogens is 3. The molecule has 1 amide bonds. The summed E-state index contributed by atoms with van der Waals surface area (Å²) in [6.07, 6.45) is 10.8. The monoisotopic (exact) mass is 342 g/mol. The summed E-state index contributed by atoms with van der Waals surface area (Å²) in [4.78, 5) is 17.3. The number of carbonyl (C=O) groups is 1. The van der Waals surface area contributed by atoms with Crippen molar-refractivity contribution in [2.24, 2.45) is 5.41 Å². The maximum absolute atomic E-state index is 13.0. The summed E-state index contributed by atoms with van der Waals surface area (Å²) >= 11 is 0. The summed E-state index contributed by atoms with van der Waals surface area (Å²) in [7, 11) is 0. The molecule has 2 aliphatic carbocycles. The molecule has 0 aromatic carbocycles. The van der Waals surface area contributed by atoms with Crippen molar-refractivity contribution in [2.75, 3.05) is 6.61 Å². The molecular weight excluding hydrogens is 316 g/mol. The van der Waals surface area contributed by atoms with E-state index < -0.39 is 0 Å². The highest BCUT2D eigenvalue weighted by Crippen LogP contribution is 2.53. The highest BCUT2D eigenvalue weighted by Gasteiger charge is 2.56. The fourth-order valence-electron chi connectivity index (χ4n) is 4.76. The minimum atomic E-state index is -0.0592. The van der Waals surface area contributed by atoms with Gasteiger partial charge in [-0.3, -0.25) is 4.79 Å². The number of fused-ring (bicyclic) bond motifs is 1. The molecule has 2 fully saturated rings. The first-order valence-electron chi connectivity index (χ1n) is 9.38. The van der Waals surface area contributed by atoms with E-state index in [4.69, 9.17) is 4.74 Å². The lowest BCUT2D eigenvalue weighted by Gasteiger charge is -2.57. The lowest BCUT2D eigenvalue weighted by molar-refractivity contribution is -0.146. The van der Waals surface area contributed by atoms with Gasteiger partial charge < -0.3 is 10.1 Å². The molecule has 0 aliphatic heterocycles. The molecule has 1 spiro atoms. The van der Waals surface area contributed by atoms with Gasteiger partial charge >= 0.3 is 0 Å². The maximum atomic E-state index is 13.0. The molecule has 2 aromatic heterocycles. The van der Waals surface area contributed by atoms with Crippen LogP contribution in [0.4, 0.5) is 0 Å². The first-order valence-corrected chi connectivity index (χ1v) is 9.38. The van der Waals surface area contributed by atoms with Crippen LogP contribution in [0.2, 0.25) is 0 Å². The second-order valence-electron chi connectivity index (χ2n) is 7.35. The quantitative estimate of drug-likeness (QED) is 0.928.